The summed E-state index contributed by atoms with van der Waals surface area (Å²) >= 11 is 1.27. The molecule has 0 bridgehead atoms. The zero-order valence-electron chi connectivity index (χ0n) is 10.4. The molecule has 0 aliphatic carbocycles. The fraction of sp³-hybridized carbons (Fsp3) is 0.333. The lowest BCUT2D eigenvalue weighted by molar-refractivity contribution is 0.281. The lowest BCUT2D eigenvalue weighted by atomic mass is 10.1. The highest BCUT2D eigenvalue weighted by Gasteiger charge is 2.18. The molecule has 6 nitrogen and oxygen atoms in total. The van der Waals surface area contributed by atoms with Gasteiger partial charge in [-0.15, -0.1) is 0 Å². The summed E-state index contributed by atoms with van der Waals surface area (Å²) in [5.41, 5.74) is 7.69. The maximum atomic E-state index is 9.11. The average molecular weight is 280 g/mol. The Balaban J connectivity index is 2.41. The van der Waals surface area contributed by atoms with E-state index in [0.29, 0.717) is 18.9 Å². The fourth-order valence-electron chi connectivity index (χ4n) is 1.86. The van der Waals surface area contributed by atoms with Gasteiger partial charge in [-0.05, 0) is 29.2 Å². The Morgan fingerprint density at radius 2 is 1.79 bits per heavy atom. The monoisotopic (exact) mass is 280 g/mol. The van der Waals surface area contributed by atoms with Crippen LogP contribution in [0.1, 0.15) is 0 Å². The second-order valence-corrected chi connectivity index (χ2v) is 4.67. The summed E-state index contributed by atoms with van der Waals surface area (Å²) in [6.07, 6.45) is 3.39. The molecule has 0 spiro atoms. The second kappa shape index (κ2) is 6.46. The van der Waals surface area contributed by atoms with Crippen LogP contribution in [0.2, 0.25) is 0 Å². The molecule has 4 N–H and O–H groups in total. The predicted octanol–water partition coefficient (Wildman–Crippen LogP) is 0.578. The summed E-state index contributed by atoms with van der Waals surface area (Å²) in [7, 11) is 0. The maximum Gasteiger partial charge on any atom is 0.147 e. The van der Waals surface area contributed by atoms with E-state index in [9.17, 15) is 0 Å². The van der Waals surface area contributed by atoms with Crippen LogP contribution in [0.25, 0.3) is 11.1 Å². The van der Waals surface area contributed by atoms with Gasteiger partial charge < -0.3 is 20.8 Å². The van der Waals surface area contributed by atoms with Crippen LogP contribution in [-0.4, -0.2) is 45.9 Å². The third kappa shape index (κ3) is 3.01. The molecular formula is C12H16N4O2S. The van der Waals surface area contributed by atoms with Gasteiger partial charge >= 0.3 is 0 Å². The van der Waals surface area contributed by atoms with Crippen molar-refractivity contribution < 1.29 is 10.2 Å². The third-order valence-electron chi connectivity index (χ3n) is 2.70. The van der Waals surface area contributed by atoms with E-state index < -0.39 is 0 Å². The first-order valence-corrected chi connectivity index (χ1v) is 6.67. The van der Waals surface area contributed by atoms with Gasteiger partial charge in [0.2, 0.25) is 0 Å². The number of hydrogen-bond acceptors (Lipinski definition) is 7. The van der Waals surface area contributed by atoms with E-state index in [1.807, 2.05) is 17.0 Å². The van der Waals surface area contributed by atoms with Crippen molar-refractivity contribution in [2.24, 2.45) is 0 Å². The highest BCUT2D eigenvalue weighted by molar-refractivity contribution is 7.11. The van der Waals surface area contributed by atoms with Crippen molar-refractivity contribution in [3.63, 3.8) is 0 Å². The smallest absolute Gasteiger partial charge is 0.147 e. The molecule has 0 saturated heterocycles. The number of nitrogen functional groups attached to an aromatic ring is 1. The molecule has 2 aromatic rings. The highest BCUT2D eigenvalue weighted by atomic mass is 32.1. The van der Waals surface area contributed by atoms with Crippen LogP contribution in [0.5, 0.6) is 0 Å². The van der Waals surface area contributed by atoms with Gasteiger partial charge in [-0.2, -0.15) is 4.37 Å². The van der Waals surface area contributed by atoms with Crippen LogP contribution in [0.4, 0.5) is 10.8 Å². The number of pyridine rings is 1. The van der Waals surface area contributed by atoms with E-state index in [1.54, 1.807) is 12.4 Å². The molecule has 0 aliphatic heterocycles. The van der Waals surface area contributed by atoms with Crippen LogP contribution >= 0.6 is 11.5 Å². The third-order valence-corrected chi connectivity index (χ3v) is 3.62. The number of aliphatic hydroxyl groups excluding tert-OH is 2. The molecule has 2 aromatic heterocycles. The summed E-state index contributed by atoms with van der Waals surface area (Å²) < 4.78 is 4.17. The Hall–Kier alpha value is -1.70. The minimum Gasteiger partial charge on any atom is -0.395 e. The Morgan fingerprint density at radius 3 is 2.37 bits per heavy atom. The van der Waals surface area contributed by atoms with Crippen molar-refractivity contribution in [3.05, 3.63) is 24.5 Å². The molecule has 7 heteroatoms. The van der Waals surface area contributed by atoms with Gasteiger partial charge in [0.15, 0.2) is 0 Å². The Morgan fingerprint density at radius 1 is 1.16 bits per heavy atom. The largest absolute Gasteiger partial charge is 0.395 e. The van der Waals surface area contributed by atoms with Gasteiger partial charge in [-0.1, -0.05) is 0 Å². The lowest BCUT2D eigenvalue weighted by Gasteiger charge is -2.22. The normalized spacial score (nSPS) is 10.6. The van der Waals surface area contributed by atoms with Crippen LogP contribution < -0.4 is 10.6 Å². The topological polar surface area (TPSA) is 95.5 Å². The summed E-state index contributed by atoms with van der Waals surface area (Å²) in [4.78, 5) is 5.86. The molecule has 19 heavy (non-hydrogen) atoms. The molecule has 0 radical (unpaired) electrons. The second-order valence-electron chi connectivity index (χ2n) is 3.92. The molecule has 0 amide bonds. The Labute approximate surface area is 115 Å². The van der Waals surface area contributed by atoms with E-state index in [-0.39, 0.29) is 13.2 Å². The number of aromatic nitrogens is 2. The van der Waals surface area contributed by atoms with Gasteiger partial charge in [-0.25, -0.2) is 0 Å². The number of anilines is 2. The van der Waals surface area contributed by atoms with E-state index in [2.05, 4.69) is 9.36 Å². The van der Waals surface area contributed by atoms with Crippen LogP contribution in [0.15, 0.2) is 24.5 Å². The number of hydrogen-bond donors (Lipinski definition) is 3. The minimum atomic E-state index is 0.00753. The fourth-order valence-corrected chi connectivity index (χ4v) is 2.74. The Bertz CT molecular complexity index is 512. The molecule has 0 aromatic carbocycles. The zero-order valence-corrected chi connectivity index (χ0v) is 11.2. The number of aliphatic hydroxyl groups is 2. The molecule has 2 heterocycles. The average Bonchev–Trinajstić information content (AvgIpc) is 2.81. The molecule has 102 valence electrons. The SMILES string of the molecule is Nc1nsc(N(CCO)CCO)c1-c1ccncc1. The van der Waals surface area contributed by atoms with Crippen LogP contribution in [-0.2, 0) is 0 Å². The first-order valence-electron chi connectivity index (χ1n) is 5.90. The minimum absolute atomic E-state index is 0.00753. The summed E-state index contributed by atoms with van der Waals surface area (Å²) in [6, 6.07) is 3.72. The van der Waals surface area contributed by atoms with E-state index in [4.69, 9.17) is 15.9 Å². The molecule has 0 saturated carbocycles. The van der Waals surface area contributed by atoms with Gasteiger partial charge in [0, 0.05) is 25.5 Å². The summed E-state index contributed by atoms with van der Waals surface area (Å²) in [5.74, 6) is 0.451. The van der Waals surface area contributed by atoms with E-state index >= 15 is 0 Å². The van der Waals surface area contributed by atoms with Crippen molar-refractivity contribution in [2.75, 3.05) is 36.9 Å². The summed E-state index contributed by atoms with van der Waals surface area (Å²) in [5, 5.41) is 19.1. The van der Waals surface area contributed by atoms with Gasteiger partial charge in [0.25, 0.3) is 0 Å². The zero-order chi connectivity index (χ0) is 13.7. The molecule has 0 aliphatic rings. The van der Waals surface area contributed by atoms with Gasteiger partial charge in [0.1, 0.15) is 10.8 Å². The molecule has 0 atom stereocenters. The van der Waals surface area contributed by atoms with E-state index in [1.165, 1.54) is 11.5 Å². The maximum absolute atomic E-state index is 9.11. The first kappa shape index (κ1) is 13.7. The van der Waals surface area contributed by atoms with Gasteiger partial charge in [0.05, 0.1) is 18.8 Å². The first-order chi connectivity index (χ1) is 9.27. The number of nitrogens with zero attached hydrogens (tertiary/aromatic N) is 3. The number of rotatable bonds is 6. The van der Waals surface area contributed by atoms with Gasteiger partial charge in [-0.3, -0.25) is 4.98 Å². The van der Waals surface area contributed by atoms with Crippen molar-refractivity contribution in [1.29, 1.82) is 0 Å². The summed E-state index contributed by atoms with van der Waals surface area (Å²) in [6.45, 7) is 0.877. The Kier molecular flexibility index (Phi) is 4.67. The van der Waals surface area contributed by atoms with Crippen molar-refractivity contribution in [2.45, 2.75) is 0 Å². The predicted molar refractivity (Wildman–Crippen MR) is 76.1 cm³/mol. The molecule has 2 rings (SSSR count). The quantitative estimate of drug-likeness (QED) is 0.716. The van der Waals surface area contributed by atoms with E-state index in [0.717, 1.165) is 16.1 Å². The van der Waals surface area contributed by atoms with Crippen LogP contribution in [0, 0.1) is 0 Å². The standard InChI is InChI=1S/C12H16N4O2S/c13-11-10(9-1-3-14-4-2-9)12(19-15-11)16(5-7-17)6-8-18/h1-4,17-18H,5-8H2,(H2,13,15). The number of nitrogens with two attached hydrogens (primary N) is 1. The van der Waals surface area contributed by atoms with Crippen molar-refractivity contribution in [1.82, 2.24) is 9.36 Å². The van der Waals surface area contributed by atoms with Crippen molar-refractivity contribution >= 4 is 22.4 Å². The van der Waals surface area contributed by atoms with Crippen molar-refractivity contribution in [3.8, 4) is 11.1 Å². The highest BCUT2D eigenvalue weighted by Crippen LogP contribution is 2.38. The lowest BCUT2D eigenvalue weighted by Crippen LogP contribution is -2.29. The van der Waals surface area contributed by atoms with Crippen LogP contribution in [0.3, 0.4) is 0 Å². The molecule has 0 unspecified atom stereocenters. The molecular weight excluding hydrogens is 264 g/mol. The molecule has 0 fully saturated rings.